The molecule has 0 heterocycles. The second kappa shape index (κ2) is 9.51. The van der Waals surface area contributed by atoms with Gasteiger partial charge in [0.1, 0.15) is 5.75 Å². The number of alkyl halides is 3. The number of carbonyl (C=O) groups excluding carboxylic acids is 1. The Labute approximate surface area is 174 Å². The Hall–Kier alpha value is -2.54. The Morgan fingerprint density at radius 2 is 2.13 bits per heavy atom. The van der Waals surface area contributed by atoms with Crippen LogP contribution in [0.15, 0.2) is 54.2 Å². The molecule has 0 aliphatic heterocycles. The molecular weight excluding hydrogens is 393 g/mol. The van der Waals surface area contributed by atoms with Crippen molar-refractivity contribution in [1.29, 1.82) is 0 Å². The number of hydrogen-bond donors (Lipinski definition) is 2. The molecule has 2 bridgehead atoms. The van der Waals surface area contributed by atoms with E-state index in [1.165, 1.54) is 17.7 Å². The number of allylic oxidation sites excluding steroid dienone is 4. The first kappa shape index (κ1) is 22.2. The third-order valence-corrected chi connectivity index (χ3v) is 5.43. The number of benzene rings is 1. The largest absolute Gasteiger partial charge is 0.481 e. The van der Waals surface area contributed by atoms with Crippen molar-refractivity contribution >= 4 is 5.91 Å². The molecule has 2 aliphatic rings. The van der Waals surface area contributed by atoms with Gasteiger partial charge in [-0.15, -0.1) is 0 Å². The molecule has 0 saturated heterocycles. The summed E-state index contributed by atoms with van der Waals surface area (Å²) in [6.07, 6.45) is 7.55. The van der Waals surface area contributed by atoms with Crippen molar-refractivity contribution in [2.75, 3.05) is 0 Å². The predicted octanol–water partition coefficient (Wildman–Crippen LogP) is 4.66. The molecule has 0 spiro atoms. The van der Waals surface area contributed by atoms with Gasteiger partial charge in [-0.1, -0.05) is 55.4 Å². The summed E-state index contributed by atoms with van der Waals surface area (Å²) in [4.78, 5) is 12.9. The van der Waals surface area contributed by atoms with Gasteiger partial charge in [0, 0.05) is 18.5 Å². The van der Waals surface area contributed by atoms with Crippen LogP contribution in [0.25, 0.3) is 0 Å². The van der Waals surface area contributed by atoms with E-state index in [4.69, 9.17) is 10.5 Å². The van der Waals surface area contributed by atoms with Crippen molar-refractivity contribution in [2.24, 2.45) is 11.7 Å². The van der Waals surface area contributed by atoms with Crippen LogP contribution in [0.1, 0.15) is 43.7 Å². The topological polar surface area (TPSA) is 64.3 Å². The minimum absolute atomic E-state index is 0.00935. The van der Waals surface area contributed by atoms with Crippen molar-refractivity contribution in [3.05, 3.63) is 65.3 Å². The molecule has 1 aromatic rings. The lowest BCUT2D eigenvalue weighted by atomic mass is 9.86. The number of carbonyl (C=O) groups is 1. The number of rotatable bonds is 7. The molecule has 162 valence electrons. The highest BCUT2D eigenvalue weighted by Crippen LogP contribution is 2.35. The van der Waals surface area contributed by atoms with Crippen molar-refractivity contribution in [3.63, 3.8) is 0 Å². The maximum atomic E-state index is 13.3. The Kier molecular flexibility index (Phi) is 7.02. The lowest BCUT2D eigenvalue weighted by molar-refractivity contribution is -0.138. The van der Waals surface area contributed by atoms with E-state index in [9.17, 15) is 18.0 Å². The van der Waals surface area contributed by atoms with Crippen molar-refractivity contribution in [1.82, 2.24) is 5.32 Å². The highest BCUT2D eigenvalue weighted by molar-refractivity contribution is 5.81. The molecule has 7 heteroatoms. The minimum Gasteiger partial charge on any atom is -0.481 e. The van der Waals surface area contributed by atoms with Gasteiger partial charge in [-0.2, -0.15) is 13.2 Å². The average Bonchev–Trinajstić information content (AvgIpc) is 2.91. The summed E-state index contributed by atoms with van der Waals surface area (Å²) < 4.78 is 45.7. The molecule has 4 nitrogen and oxygen atoms in total. The predicted molar refractivity (Wildman–Crippen MR) is 110 cm³/mol. The summed E-state index contributed by atoms with van der Waals surface area (Å²) in [5.41, 5.74) is 5.83. The normalized spacial score (nSPS) is 21.6. The van der Waals surface area contributed by atoms with Crippen molar-refractivity contribution < 1.29 is 22.7 Å². The smallest absolute Gasteiger partial charge is 0.416 e. The van der Waals surface area contributed by atoms with E-state index in [2.05, 4.69) is 17.5 Å². The molecule has 1 amide bonds. The van der Waals surface area contributed by atoms with Crippen LogP contribution in [0.4, 0.5) is 13.2 Å². The molecule has 2 aliphatic carbocycles. The fourth-order valence-electron chi connectivity index (χ4n) is 3.85. The highest BCUT2D eigenvalue weighted by atomic mass is 19.4. The molecule has 3 unspecified atom stereocenters. The zero-order valence-electron chi connectivity index (χ0n) is 16.9. The fourth-order valence-corrected chi connectivity index (χ4v) is 3.85. The van der Waals surface area contributed by atoms with Gasteiger partial charge < -0.3 is 15.8 Å². The van der Waals surface area contributed by atoms with E-state index in [0.29, 0.717) is 12.8 Å². The quantitative estimate of drug-likeness (QED) is 0.674. The molecule has 0 radical (unpaired) electrons. The third-order valence-electron chi connectivity index (χ3n) is 5.43. The maximum absolute atomic E-state index is 13.3. The standard InChI is InChI=1S/C23H27F3N2O2/c1-2-5-21(30-18-10-9-17(14-27)19(13-18)23(24,25)26)22(29)28-20-11-8-15-6-3-4-7-16(20)12-15/h3-4,6-7,9-10,12-13,16,20-21H,2,5,8,11,14,27H2,1H3,(H,28,29). The van der Waals surface area contributed by atoms with Gasteiger partial charge in [0.2, 0.25) is 0 Å². The van der Waals surface area contributed by atoms with Crippen LogP contribution in [-0.2, 0) is 17.5 Å². The van der Waals surface area contributed by atoms with Crippen LogP contribution in [0.5, 0.6) is 5.75 Å². The summed E-state index contributed by atoms with van der Waals surface area (Å²) in [5.74, 6) is -0.200. The van der Waals surface area contributed by atoms with E-state index in [1.807, 2.05) is 25.2 Å². The highest BCUT2D eigenvalue weighted by Gasteiger charge is 2.34. The molecule has 1 aromatic carbocycles. The second-order valence-corrected chi connectivity index (χ2v) is 7.63. The number of amides is 1. The molecule has 30 heavy (non-hydrogen) atoms. The molecule has 3 N–H and O–H groups in total. The number of nitrogens with two attached hydrogens (primary N) is 1. The first-order valence-corrected chi connectivity index (χ1v) is 10.2. The van der Waals surface area contributed by atoms with Crippen LogP contribution in [0, 0.1) is 5.92 Å². The summed E-state index contributed by atoms with van der Waals surface area (Å²) in [7, 11) is 0. The van der Waals surface area contributed by atoms with Crippen LogP contribution in [0.3, 0.4) is 0 Å². The zero-order chi connectivity index (χ0) is 21.7. The van der Waals surface area contributed by atoms with Gasteiger partial charge in [-0.05, 0) is 37.0 Å². The van der Waals surface area contributed by atoms with Gasteiger partial charge in [-0.3, -0.25) is 4.79 Å². The van der Waals surface area contributed by atoms with E-state index in [0.717, 1.165) is 18.9 Å². The minimum atomic E-state index is -4.54. The van der Waals surface area contributed by atoms with Gasteiger partial charge in [0.05, 0.1) is 5.56 Å². The average molecular weight is 420 g/mol. The van der Waals surface area contributed by atoms with E-state index >= 15 is 0 Å². The van der Waals surface area contributed by atoms with Crippen LogP contribution in [-0.4, -0.2) is 18.1 Å². The van der Waals surface area contributed by atoms with Gasteiger partial charge in [-0.25, -0.2) is 0 Å². The third kappa shape index (κ3) is 5.33. The summed E-state index contributed by atoms with van der Waals surface area (Å²) in [6, 6.07) is 3.59. The first-order chi connectivity index (χ1) is 14.3. The zero-order valence-corrected chi connectivity index (χ0v) is 16.9. The molecule has 0 saturated carbocycles. The molecule has 3 rings (SSSR count). The maximum Gasteiger partial charge on any atom is 0.416 e. The first-order valence-electron chi connectivity index (χ1n) is 10.2. The fraction of sp³-hybridized carbons (Fsp3) is 0.435. The SMILES string of the molecule is CCCC(Oc1ccc(CN)c(C(F)(F)F)c1)C(=O)NC1CCC2=CC1C=CC=C2. The Morgan fingerprint density at radius 3 is 2.83 bits per heavy atom. The molecule has 3 atom stereocenters. The number of fused-ring (bicyclic) bond motifs is 1. The van der Waals surface area contributed by atoms with Crippen LogP contribution < -0.4 is 15.8 Å². The van der Waals surface area contributed by atoms with Gasteiger partial charge >= 0.3 is 6.18 Å². The van der Waals surface area contributed by atoms with E-state index in [1.54, 1.807) is 0 Å². The molecular formula is C23H27F3N2O2. The molecule has 0 aromatic heterocycles. The number of ether oxygens (including phenoxy) is 1. The monoisotopic (exact) mass is 420 g/mol. The molecule has 0 fully saturated rings. The second-order valence-electron chi connectivity index (χ2n) is 7.63. The van der Waals surface area contributed by atoms with E-state index in [-0.39, 0.29) is 35.7 Å². The van der Waals surface area contributed by atoms with Crippen LogP contribution in [0.2, 0.25) is 0 Å². The Morgan fingerprint density at radius 1 is 1.33 bits per heavy atom. The van der Waals surface area contributed by atoms with Gasteiger partial charge in [0.15, 0.2) is 6.10 Å². The number of halogens is 3. The number of hydrogen-bond acceptors (Lipinski definition) is 3. The summed E-state index contributed by atoms with van der Waals surface area (Å²) >= 11 is 0. The van der Waals surface area contributed by atoms with Crippen molar-refractivity contribution in [2.45, 2.75) is 57.5 Å². The lowest BCUT2D eigenvalue weighted by Crippen LogP contribution is -2.47. The number of nitrogens with one attached hydrogen (secondary N) is 1. The van der Waals surface area contributed by atoms with E-state index < -0.39 is 17.8 Å². The lowest BCUT2D eigenvalue weighted by Gasteiger charge is -2.30. The Balaban J connectivity index is 1.74. The van der Waals surface area contributed by atoms with Gasteiger partial charge in [0.25, 0.3) is 5.91 Å². The van der Waals surface area contributed by atoms with Crippen molar-refractivity contribution in [3.8, 4) is 5.75 Å². The Bertz CT molecular complexity index is 858. The summed E-state index contributed by atoms with van der Waals surface area (Å²) in [5, 5.41) is 3.04. The summed E-state index contributed by atoms with van der Waals surface area (Å²) in [6.45, 7) is 1.67. The van der Waals surface area contributed by atoms with Crippen LogP contribution >= 0.6 is 0 Å².